The molecule has 0 atom stereocenters. The Morgan fingerprint density at radius 3 is 1.31 bits per heavy atom. The lowest BCUT2D eigenvalue weighted by atomic mass is 10.1. The highest BCUT2D eigenvalue weighted by atomic mass is 32.2. The molecule has 0 fully saturated rings. The van der Waals surface area contributed by atoms with Crippen LogP contribution in [-0.2, 0) is 38.4 Å². The first-order chi connectivity index (χ1) is 28.8. The van der Waals surface area contributed by atoms with Gasteiger partial charge in [0.25, 0.3) is 0 Å². The van der Waals surface area contributed by atoms with Gasteiger partial charge in [0.15, 0.2) is 11.4 Å². The molecule has 62 heavy (non-hydrogen) atoms. The Labute approximate surface area is 344 Å². The van der Waals surface area contributed by atoms with E-state index in [2.05, 4.69) is 60.3 Å². The summed E-state index contributed by atoms with van der Waals surface area (Å²) in [5.41, 5.74) is -5.97. The predicted octanol–water partition coefficient (Wildman–Crippen LogP) is 3.42. The van der Waals surface area contributed by atoms with E-state index in [9.17, 15) is 70.3 Å². The smallest absolute Gasteiger partial charge is 0.460 e. The first kappa shape index (κ1) is 50.6. The van der Waals surface area contributed by atoms with E-state index in [4.69, 9.17) is 15.9 Å². The molecule has 0 saturated heterocycles. The zero-order chi connectivity index (χ0) is 46.8. The van der Waals surface area contributed by atoms with E-state index < -0.39 is 77.5 Å². The number of rotatable bonds is 16. The zero-order valence-corrected chi connectivity index (χ0v) is 32.0. The van der Waals surface area contributed by atoms with Crippen molar-refractivity contribution in [3.63, 3.8) is 0 Å². The molecule has 0 aliphatic heterocycles. The second kappa shape index (κ2) is 21.7. The molecule has 2 N–H and O–H groups in total. The van der Waals surface area contributed by atoms with Crippen LogP contribution >= 0.6 is 0 Å². The molecule has 0 aromatic heterocycles. The third kappa shape index (κ3) is 14.6. The van der Waals surface area contributed by atoms with Crippen molar-refractivity contribution in [3.8, 4) is 83.2 Å². The molecule has 0 spiro atoms. The van der Waals surface area contributed by atoms with Gasteiger partial charge in [-0.05, 0) is 78.1 Å². The number of hydrogen-bond acceptors (Lipinski definition) is 12. The number of alkyl halides is 10. The van der Waals surface area contributed by atoms with Crippen LogP contribution in [0.4, 0.5) is 43.9 Å². The minimum absolute atomic E-state index is 0.0288. The lowest BCUT2D eigenvalue weighted by Crippen LogP contribution is -2.45. The van der Waals surface area contributed by atoms with Gasteiger partial charge in [0.05, 0.1) is 13.2 Å². The molecule has 0 aliphatic rings. The summed E-state index contributed by atoms with van der Waals surface area (Å²) in [6.45, 7) is -0.386. The Balaban J connectivity index is 2.03. The Morgan fingerprint density at radius 2 is 0.952 bits per heavy atom. The van der Waals surface area contributed by atoms with Gasteiger partial charge in [0.1, 0.15) is 11.5 Å². The number of nitrogens with zero attached hydrogens (tertiary/aromatic N) is 2. The number of nitrogens with one attached hydrogen (secondary N) is 2. The first-order valence-corrected chi connectivity index (χ1v) is 18.5. The van der Waals surface area contributed by atoms with E-state index >= 15 is 0 Å². The fraction of sp³-hybridized carbons (Fsp3) is 0.222. The molecule has 0 heterocycles. The summed E-state index contributed by atoms with van der Waals surface area (Å²) < 4.78 is 203. The summed E-state index contributed by atoms with van der Waals surface area (Å²) in [5, 5.41) is -3.74. The molecule has 2 rings (SSSR count). The van der Waals surface area contributed by atoms with Gasteiger partial charge in [0.2, 0.25) is 0 Å². The van der Waals surface area contributed by atoms with E-state index in [1.54, 1.807) is 6.04 Å². The van der Waals surface area contributed by atoms with Gasteiger partial charge >= 0.3 is 54.9 Å². The highest BCUT2D eigenvalue weighted by molar-refractivity contribution is 7.88. The van der Waals surface area contributed by atoms with Crippen molar-refractivity contribution in [1.29, 1.82) is 0 Å². The van der Waals surface area contributed by atoms with Crippen molar-refractivity contribution >= 4 is 43.5 Å². The summed E-state index contributed by atoms with van der Waals surface area (Å²) in [7, 11) is -12.2. The topological polar surface area (TPSA) is 188 Å². The number of hydrogen-bond donors (Lipinski definition) is 2. The van der Waals surface area contributed by atoms with E-state index in [-0.39, 0.29) is 31.1 Å². The predicted molar refractivity (Wildman–Crippen MR) is 194 cm³/mol. The average molecular weight is 923 g/mol. The molecule has 0 saturated carbocycles. The number of halogens is 10. The van der Waals surface area contributed by atoms with Crippen LogP contribution in [0, 0.1) is 71.7 Å². The van der Waals surface area contributed by atoms with Gasteiger partial charge in [-0.2, -0.15) is 60.7 Å². The number of amides is 2. The van der Waals surface area contributed by atoms with Crippen LogP contribution < -0.4 is 20.1 Å². The van der Waals surface area contributed by atoms with Crippen LogP contribution in [0.15, 0.2) is 58.8 Å². The van der Waals surface area contributed by atoms with Crippen LogP contribution in [0.3, 0.4) is 0 Å². The van der Waals surface area contributed by atoms with Crippen LogP contribution in [0.2, 0.25) is 0 Å². The van der Waals surface area contributed by atoms with Gasteiger partial charge in [-0.3, -0.25) is 23.5 Å². The molecule has 326 valence electrons. The van der Waals surface area contributed by atoms with Crippen LogP contribution in [0.25, 0.3) is 0 Å². The van der Waals surface area contributed by atoms with Gasteiger partial charge < -0.3 is 14.8 Å². The standard InChI is InChI=1S/C36H20F10N4O10S2/c1-3-4-5-6-7-8-9-10-11-12-22-48-32(52)36(45,46)62(55,56)60-50-30(34(40,41)42)26-16-20-28(21-17-26)58-24-13-23-57-27-18-14-25(15-19-27)29(33(37,38)39)49-59-61(53,54)35(43,44)31(51)47-2/h1,14-21H,13,23-24H2,2H3,(H,47,51)(H,48,52)/b49-29-,50-30-. The summed E-state index contributed by atoms with van der Waals surface area (Å²) in [6, 6.07) is 8.11. The third-order valence-electron chi connectivity index (χ3n) is 6.27. The largest absolute Gasteiger partial charge is 0.493 e. The van der Waals surface area contributed by atoms with E-state index in [0.717, 1.165) is 24.3 Å². The van der Waals surface area contributed by atoms with Crippen molar-refractivity contribution in [2.24, 2.45) is 10.3 Å². The molecule has 2 aromatic carbocycles. The third-order valence-corrected chi connectivity index (χ3v) is 8.43. The van der Waals surface area contributed by atoms with Crippen molar-refractivity contribution in [3.05, 3.63) is 59.7 Å². The van der Waals surface area contributed by atoms with Crippen LogP contribution in [-0.4, -0.2) is 83.2 Å². The highest BCUT2D eigenvalue weighted by Gasteiger charge is 2.57. The molecule has 14 nitrogen and oxygen atoms in total. The number of ether oxygens (including phenoxy) is 2. The number of benzene rings is 2. The maximum atomic E-state index is 14.3. The number of carbonyl (C=O) groups is 2. The van der Waals surface area contributed by atoms with Gasteiger partial charge in [-0.15, -0.1) is 6.42 Å². The van der Waals surface area contributed by atoms with Crippen molar-refractivity contribution < 1.29 is 88.4 Å². The molecule has 0 aliphatic carbocycles. The highest BCUT2D eigenvalue weighted by Crippen LogP contribution is 2.30. The Kier molecular flexibility index (Phi) is 17.7. The first-order valence-electron chi connectivity index (χ1n) is 15.7. The Hall–Kier alpha value is -7.52. The number of oxime groups is 2. The lowest BCUT2D eigenvalue weighted by Gasteiger charge is -2.15. The molecule has 0 bridgehead atoms. The Bertz CT molecular complexity index is 2660. The average Bonchev–Trinajstić information content (AvgIpc) is 3.19. The molecule has 0 unspecified atom stereocenters. The number of terminal acetylenes is 1. The van der Waals surface area contributed by atoms with Crippen LogP contribution in [0.1, 0.15) is 17.5 Å². The van der Waals surface area contributed by atoms with E-state index in [1.165, 1.54) is 10.6 Å². The lowest BCUT2D eigenvalue weighted by molar-refractivity contribution is -0.136. The normalized spacial score (nSPS) is 11.9. The van der Waals surface area contributed by atoms with Crippen molar-refractivity contribution in [2.75, 3.05) is 20.3 Å². The quantitative estimate of drug-likeness (QED) is 0.0631. The second-order valence-corrected chi connectivity index (χ2v) is 13.6. The number of carbonyl (C=O) groups excluding carboxylic acids is 2. The fourth-order valence-electron chi connectivity index (χ4n) is 3.48. The minimum atomic E-state index is -6.50. The van der Waals surface area contributed by atoms with Crippen molar-refractivity contribution in [1.82, 2.24) is 10.6 Å². The SMILES string of the molecule is C#CC#CC#CC#CC#CC#CNC(=O)C(F)(F)S(=O)(=O)O/N=C(/c1ccc(OCCCOc2ccc(/C(=N/OS(=O)(=O)C(F)(F)C(=O)NC)C(F)(F)F)cc2)cc1)C(F)(F)F. The molecular formula is C36H20F10N4O10S2. The van der Waals surface area contributed by atoms with Gasteiger partial charge in [-0.1, -0.05) is 10.3 Å². The van der Waals surface area contributed by atoms with Crippen LogP contribution in [0.5, 0.6) is 11.5 Å². The summed E-state index contributed by atoms with van der Waals surface area (Å²) in [5.74, 6) is 15.8. The molecule has 0 radical (unpaired) electrons. The summed E-state index contributed by atoms with van der Waals surface area (Å²) in [6.07, 6.45) is -6.05. The zero-order valence-electron chi connectivity index (χ0n) is 30.4. The second-order valence-electron chi connectivity index (χ2n) is 10.5. The minimum Gasteiger partial charge on any atom is -0.493 e. The van der Waals surface area contributed by atoms with E-state index in [1.807, 2.05) is 17.8 Å². The molecule has 2 aromatic rings. The molecular weight excluding hydrogens is 903 g/mol. The maximum Gasteiger partial charge on any atom is 0.460 e. The summed E-state index contributed by atoms with van der Waals surface area (Å²) >= 11 is 0. The monoisotopic (exact) mass is 922 g/mol. The van der Waals surface area contributed by atoms with Crippen molar-refractivity contribution in [2.45, 2.75) is 29.3 Å². The molecule has 26 heteroatoms. The van der Waals surface area contributed by atoms with Gasteiger partial charge in [-0.25, -0.2) is 0 Å². The fourth-order valence-corrected chi connectivity index (χ4v) is 4.62. The van der Waals surface area contributed by atoms with E-state index in [0.29, 0.717) is 31.3 Å². The maximum absolute atomic E-state index is 14.3. The summed E-state index contributed by atoms with van der Waals surface area (Å²) in [4.78, 5) is 22.9. The molecule has 2 amide bonds. The Morgan fingerprint density at radius 1 is 0.597 bits per heavy atom. The van der Waals surface area contributed by atoms with Gasteiger partial charge in [0, 0.05) is 60.2 Å².